The lowest BCUT2D eigenvalue weighted by atomic mass is 9.77. The van der Waals surface area contributed by atoms with Gasteiger partial charge in [-0.05, 0) is 56.9 Å². The van der Waals surface area contributed by atoms with Crippen molar-refractivity contribution < 1.29 is 0 Å². The van der Waals surface area contributed by atoms with E-state index in [1.54, 1.807) is 0 Å². The summed E-state index contributed by atoms with van der Waals surface area (Å²) >= 11 is 0. The molecule has 2 aliphatic rings. The van der Waals surface area contributed by atoms with E-state index >= 15 is 0 Å². The smallest absolute Gasteiger partial charge is 0.0249 e. The maximum atomic E-state index is 6.12. The maximum absolute atomic E-state index is 6.12. The van der Waals surface area contributed by atoms with Crippen LogP contribution in [0.1, 0.15) is 59.3 Å². The minimum absolute atomic E-state index is 0.653. The van der Waals surface area contributed by atoms with Gasteiger partial charge in [0.05, 0.1) is 0 Å². The molecule has 0 aromatic rings. The van der Waals surface area contributed by atoms with E-state index < -0.39 is 0 Å². The molecule has 0 amide bonds. The van der Waals surface area contributed by atoms with Gasteiger partial charge in [-0.2, -0.15) is 0 Å². The number of nitrogens with two attached hydrogens (primary N) is 1. The van der Waals surface area contributed by atoms with E-state index in [4.69, 9.17) is 5.73 Å². The van der Waals surface area contributed by atoms with Gasteiger partial charge in [-0.15, -0.1) is 0 Å². The second kappa shape index (κ2) is 6.38. The Kier molecular flexibility index (Phi) is 5.08. The third-order valence-electron chi connectivity index (χ3n) is 5.46. The zero-order valence-corrected chi connectivity index (χ0v) is 12.6. The summed E-state index contributed by atoms with van der Waals surface area (Å²) < 4.78 is 0. The summed E-state index contributed by atoms with van der Waals surface area (Å²) in [5.41, 5.74) is 6.12. The van der Waals surface area contributed by atoms with Gasteiger partial charge in [0.15, 0.2) is 0 Å². The second-order valence-electron chi connectivity index (χ2n) is 7.04. The van der Waals surface area contributed by atoms with Gasteiger partial charge < -0.3 is 5.73 Å². The van der Waals surface area contributed by atoms with Crippen molar-refractivity contribution in [2.75, 3.05) is 13.1 Å². The van der Waals surface area contributed by atoms with Crippen molar-refractivity contribution in [2.45, 2.75) is 71.4 Å². The van der Waals surface area contributed by atoms with Crippen LogP contribution >= 0.6 is 0 Å². The minimum atomic E-state index is 0.653. The lowest BCUT2D eigenvalue weighted by Gasteiger charge is -2.45. The Labute approximate surface area is 113 Å². The largest absolute Gasteiger partial charge is 0.329 e. The van der Waals surface area contributed by atoms with Crippen molar-refractivity contribution in [3.05, 3.63) is 0 Å². The van der Waals surface area contributed by atoms with Crippen LogP contribution in [0.5, 0.6) is 0 Å². The Hall–Kier alpha value is -0.0800. The summed E-state index contributed by atoms with van der Waals surface area (Å²) in [7, 11) is 0. The predicted molar refractivity (Wildman–Crippen MR) is 78.5 cm³/mol. The van der Waals surface area contributed by atoms with Crippen LogP contribution in [0.4, 0.5) is 0 Å². The topological polar surface area (TPSA) is 29.3 Å². The van der Waals surface area contributed by atoms with Gasteiger partial charge in [0.2, 0.25) is 0 Å². The van der Waals surface area contributed by atoms with Gasteiger partial charge in [-0.1, -0.05) is 26.7 Å². The molecule has 2 fully saturated rings. The molecule has 3 atom stereocenters. The minimum Gasteiger partial charge on any atom is -0.329 e. The van der Waals surface area contributed by atoms with Crippen LogP contribution in [0.25, 0.3) is 0 Å². The van der Waals surface area contributed by atoms with Gasteiger partial charge in [0, 0.05) is 18.6 Å². The van der Waals surface area contributed by atoms with Crippen LogP contribution in [0.15, 0.2) is 0 Å². The molecule has 1 aliphatic carbocycles. The molecule has 2 nitrogen and oxygen atoms in total. The van der Waals surface area contributed by atoms with E-state index in [9.17, 15) is 0 Å². The molecule has 0 spiro atoms. The number of likely N-dealkylation sites (tertiary alicyclic amines) is 1. The molecular formula is C16H32N2. The van der Waals surface area contributed by atoms with Crippen LogP contribution in [0.2, 0.25) is 0 Å². The molecule has 106 valence electrons. The van der Waals surface area contributed by atoms with Crippen molar-refractivity contribution in [2.24, 2.45) is 23.5 Å². The summed E-state index contributed by atoms with van der Waals surface area (Å²) in [4.78, 5) is 2.74. The Balaban J connectivity index is 1.95. The van der Waals surface area contributed by atoms with Crippen molar-refractivity contribution in [1.82, 2.24) is 4.90 Å². The SMILES string of the molecule is CC1CCC(C(CN)N2CCC(C)CC2C)CC1. The highest BCUT2D eigenvalue weighted by Crippen LogP contribution is 2.34. The molecule has 0 aromatic carbocycles. The van der Waals surface area contributed by atoms with E-state index in [1.807, 2.05) is 0 Å². The van der Waals surface area contributed by atoms with Crippen molar-refractivity contribution >= 4 is 0 Å². The van der Waals surface area contributed by atoms with E-state index in [2.05, 4.69) is 25.7 Å². The molecule has 2 N–H and O–H groups in total. The molecule has 2 rings (SSSR count). The Morgan fingerprint density at radius 3 is 2.22 bits per heavy atom. The third kappa shape index (κ3) is 3.27. The van der Waals surface area contributed by atoms with Crippen LogP contribution in [0, 0.1) is 17.8 Å². The van der Waals surface area contributed by atoms with E-state index in [1.165, 1.54) is 45.1 Å². The zero-order valence-electron chi connectivity index (χ0n) is 12.6. The molecule has 0 aromatic heterocycles. The molecule has 1 heterocycles. The molecule has 0 radical (unpaired) electrons. The van der Waals surface area contributed by atoms with Crippen LogP contribution < -0.4 is 5.73 Å². The van der Waals surface area contributed by atoms with Gasteiger partial charge >= 0.3 is 0 Å². The fourth-order valence-electron chi connectivity index (χ4n) is 4.19. The molecule has 0 bridgehead atoms. The highest BCUT2D eigenvalue weighted by molar-refractivity contribution is 4.89. The second-order valence-corrected chi connectivity index (χ2v) is 7.04. The number of hydrogen-bond donors (Lipinski definition) is 1. The normalized spacial score (nSPS) is 40.7. The summed E-state index contributed by atoms with van der Waals surface area (Å²) in [6, 6.07) is 1.39. The van der Waals surface area contributed by atoms with E-state index in [0.29, 0.717) is 6.04 Å². The highest BCUT2D eigenvalue weighted by Gasteiger charge is 2.34. The molecule has 18 heavy (non-hydrogen) atoms. The molecule has 1 saturated heterocycles. The predicted octanol–water partition coefficient (Wildman–Crippen LogP) is 3.26. The molecule has 1 saturated carbocycles. The van der Waals surface area contributed by atoms with Crippen molar-refractivity contribution in [3.63, 3.8) is 0 Å². The number of hydrogen-bond acceptors (Lipinski definition) is 2. The standard InChI is InChI=1S/C16H32N2/c1-12-4-6-15(7-5-12)16(11-17)18-9-8-13(2)10-14(18)3/h12-16H,4-11,17H2,1-3H3. The van der Waals surface area contributed by atoms with Crippen molar-refractivity contribution in [3.8, 4) is 0 Å². The Bertz CT molecular complexity index is 245. The van der Waals surface area contributed by atoms with Gasteiger partial charge in [-0.25, -0.2) is 0 Å². The van der Waals surface area contributed by atoms with Crippen molar-refractivity contribution in [1.29, 1.82) is 0 Å². The number of rotatable bonds is 3. The fourth-order valence-corrected chi connectivity index (χ4v) is 4.19. The summed E-state index contributed by atoms with van der Waals surface area (Å²) in [6.45, 7) is 9.34. The Morgan fingerprint density at radius 1 is 1.00 bits per heavy atom. The first-order valence-electron chi connectivity index (χ1n) is 8.07. The van der Waals surface area contributed by atoms with Crippen LogP contribution in [-0.2, 0) is 0 Å². The zero-order chi connectivity index (χ0) is 13.1. The first-order chi connectivity index (χ1) is 8.61. The van der Waals surface area contributed by atoms with E-state index in [-0.39, 0.29) is 0 Å². The van der Waals surface area contributed by atoms with Gasteiger partial charge in [0.25, 0.3) is 0 Å². The molecular weight excluding hydrogens is 220 g/mol. The van der Waals surface area contributed by atoms with E-state index in [0.717, 1.165) is 30.3 Å². The summed E-state index contributed by atoms with van der Waals surface area (Å²) in [6.07, 6.45) is 8.37. The first-order valence-corrected chi connectivity index (χ1v) is 8.07. The maximum Gasteiger partial charge on any atom is 0.0249 e. The summed E-state index contributed by atoms with van der Waals surface area (Å²) in [5.74, 6) is 2.71. The summed E-state index contributed by atoms with van der Waals surface area (Å²) in [5, 5.41) is 0. The average Bonchev–Trinajstić information content (AvgIpc) is 2.35. The lowest BCUT2D eigenvalue weighted by molar-refractivity contribution is 0.0405. The fraction of sp³-hybridized carbons (Fsp3) is 1.00. The van der Waals surface area contributed by atoms with Gasteiger partial charge in [0.1, 0.15) is 0 Å². The average molecular weight is 252 g/mol. The van der Waals surface area contributed by atoms with Gasteiger partial charge in [-0.3, -0.25) is 4.90 Å². The van der Waals surface area contributed by atoms with Crippen LogP contribution in [0.3, 0.4) is 0 Å². The number of piperidine rings is 1. The molecule has 2 heteroatoms. The molecule has 1 aliphatic heterocycles. The monoisotopic (exact) mass is 252 g/mol. The lowest BCUT2D eigenvalue weighted by Crippen LogP contribution is -2.53. The highest BCUT2D eigenvalue weighted by atomic mass is 15.2. The number of nitrogens with zero attached hydrogens (tertiary/aromatic N) is 1. The quantitative estimate of drug-likeness (QED) is 0.835. The Morgan fingerprint density at radius 2 is 1.67 bits per heavy atom. The third-order valence-corrected chi connectivity index (χ3v) is 5.46. The molecule has 3 unspecified atom stereocenters. The van der Waals surface area contributed by atoms with Crippen LogP contribution in [-0.4, -0.2) is 30.1 Å². The first kappa shape index (κ1) is 14.3.